The first kappa shape index (κ1) is 15.0. The van der Waals surface area contributed by atoms with Gasteiger partial charge in [-0.1, -0.05) is 25.8 Å². The highest BCUT2D eigenvalue weighted by Gasteiger charge is 2.17. The third kappa shape index (κ3) is 4.05. The van der Waals surface area contributed by atoms with Crippen molar-refractivity contribution in [2.75, 3.05) is 13.1 Å². The van der Waals surface area contributed by atoms with Crippen molar-refractivity contribution in [2.24, 2.45) is 5.92 Å². The highest BCUT2D eigenvalue weighted by atomic mass is 19.1. The van der Waals surface area contributed by atoms with E-state index >= 15 is 0 Å². The predicted octanol–water partition coefficient (Wildman–Crippen LogP) is 4.10. The van der Waals surface area contributed by atoms with Crippen LogP contribution in [0.2, 0.25) is 0 Å². The molecule has 1 atom stereocenters. The van der Waals surface area contributed by atoms with Crippen molar-refractivity contribution in [3.63, 3.8) is 0 Å². The van der Waals surface area contributed by atoms with E-state index in [9.17, 15) is 4.39 Å². The average Bonchev–Trinajstić information content (AvgIpc) is 2.67. The Bertz CT molecular complexity index is 478. The molecule has 1 saturated heterocycles. The number of nitrogens with zero attached hydrogens (tertiary/aromatic N) is 2. The molecule has 1 aliphatic heterocycles. The first-order valence-corrected chi connectivity index (χ1v) is 7.63. The second-order valence-electron chi connectivity index (χ2n) is 5.78. The van der Waals surface area contributed by atoms with Crippen LogP contribution in [0.25, 0.3) is 0 Å². The van der Waals surface area contributed by atoms with Crippen LogP contribution in [-0.4, -0.2) is 18.0 Å². The van der Waals surface area contributed by atoms with Crippen molar-refractivity contribution < 1.29 is 4.39 Å². The van der Waals surface area contributed by atoms with Crippen LogP contribution in [0.4, 0.5) is 4.39 Å². The lowest BCUT2D eigenvalue weighted by molar-refractivity contribution is 0.267. The first-order valence-electron chi connectivity index (χ1n) is 7.63. The van der Waals surface area contributed by atoms with Gasteiger partial charge in [0.05, 0.1) is 11.6 Å². The molecule has 1 heterocycles. The van der Waals surface area contributed by atoms with Gasteiger partial charge in [-0.05, 0) is 50.4 Å². The molecule has 0 N–H and O–H groups in total. The second-order valence-corrected chi connectivity index (χ2v) is 5.78. The summed E-state index contributed by atoms with van der Waals surface area (Å²) in [5.74, 6) is 0.592. The van der Waals surface area contributed by atoms with E-state index in [1.54, 1.807) is 12.1 Å². The molecule has 0 saturated carbocycles. The number of hydrogen-bond donors (Lipinski definition) is 0. The molecule has 0 spiro atoms. The van der Waals surface area contributed by atoms with Gasteiger partial charge in [0, 0.05) is 12.1 Å². The Morgan fingerprint density at radius 1 is 1.35 bits per heavy atom. The van der Waals surface area contributed by atoms with Gasteiger partial charge in [0.2, 0.25) is 0 Å². The molecule has 2 rings (SSSR count). The van der Waals surface area contributed by atoms with E-state index in [1.165, 1.54) is 38.2 Å². The van der Waals surface area contributed by atoms with E-state index in [4.69, 9.17) is 5.26 Å². The minimum atomic E-state index is -0.251. The normalized spacial score (nSPS) is 20.4. The topological polar surface area (TPSA) is 27.0 Å². The largest absolute Gasteiger partial charge is 0.299 e. The summed E-state index contributed by atoms with van der Waals surface area (Å²) in [6.45, 7) is 5.02. The summed E-state index contributed by atoms with van der Waals surface area (Å²) in [5.41, 5.74) is 1.10. The number of benzene rings is 1. The van der Waals surface area contributed by atoms with Gasteiger partial charge >= 0.3 is 0 Å². The lowest BCUT2D eigenvalue weighted by Crippen LogP contribution is -2.24. The van der Waals surface area contributed by atoms with Gasteiger partial charge in [-0.15, -0.1) is 0 Å². The molecule has 0 radical (unpaired) electrons. The molecular weight excluding hydrogens is 251 g/mol. The Kier molecular flexibility index (Phi) is 5.55. The smallest absolute Gasteiger partial charge is 0.129 e. The Morgan fingerprint density at radius 3 is 2.90 bits per heavy atom. The summed E-state index contributed by atoms with van der Waals surface area (Å²) in [6, 6.07) is 6.77. The molecule has 0 aliphatic carbocycles. The Hall–Kier alpha value is -1.40. The fourth-order valence-electron chi connectivity index (χ4n) is 3.07. The quantitative estimate of drug-likeness (QED) is 0.826. The Labute approximate surface area is 121 Å². The summed E-state index contributed by atoms with van der Waals surface area (Å²) >= 11 is 0. The number of rotatable bonds is 4. The maximum Gasteiger partial charge on any atom is 0.129 e. The van der Waals surface area contributed by atoms with Crippen molar-refractivity contribution in [3.05, 3.63) is 35.1 Å². The highest BCUT2D eigenvalue weighted by Crippen LogP contribution is 2.23. The van der Waals surface area contributed by atoms with Crippen LogP contribution >= 0.6 is 0 Å². The number of nitriles is 1. The highest BCUT2D eigenvalue weighted by molar-refractivity contribution is 5.32. The van der Waals surface area contributed by atoms with E-state index in [2.05, 4.69) is 11.8 Å². The molecule has 20 heavy (non-hydrogen) atoms. The summed E-state index contributed by atoms with van der Waals surface area (Å²) < 4.78 is 13.9. The standard InChI is InChI=1S/C17H23FN2/c1-2-4-14-5-3-9-20(10-8-14)13-16-7-6-15(12-19)11-17(16)18/h6-7,11,14H,2-5,8-10,13H2,1H3. The lowest BCUT2D eigenvalue weighted by atomic mass is 9.96. The molecule has 108 valence electrons. The van der Waals surface area contributed by atoms with Crippen molar-refractivity contribution in [3.8, 4) is 6.07 Å². The van der Waals surface area contributed by atoms with Crippen LogP contribution in [0, 0.1) is 23.1 Å². The van der Waals surface area contributed by atoms with Crippen LogP contribution < -0.4 is 0 Å². The number of hydrogen-bond acceptors (Lipinski definition) is 2. The zero-order valence-electron chi connectivity index (χ0n) is 12.2. The van der Waals surface area contributed by atoms with E-state index in [0.717, 1.165) is 19.0 Å². The van der Waals surface area contributed by atoms with Gasteiger partial charge in [-0.3, -0.25) is 4.90 Å². The van der Waals surface area contributed by atoms with E-state index in [1.807, 2.05) is 6.07 Å². The molecule has 3 heteroatoms. The molecule has 0 bridgehead atoms. The van der Waals surface area contributed by atoms with Gasteiger partial charge in [-0.25, -0.2) is 4.39 Å². The van der Waals surface area contributed by atoms with Crippen molar-refractivity contribution in [1.82, 2.24) is 4.90 Å². The van der Waals surface area contributed by atoms with Gasteiger partial charge in [0.1, 0.15) is 5.82 Å². The molecule has 1 aliphatic rings. The minimum Gasteiger partial charge on any atom is -0.299 e. The maximum atomic E-state index is 13.9. The van der Waals surface area contributed by atoms with Gasteiger partial charge in [0.15, 0.2) is 0 Å². The molecular formula is C17H23FN2. The lowest BCUT2D eigenvalue weighted by Gasteiger charge is -2.20. The molecule has 2 nitrogen and oxygen atoms in total. The average molecular weight is 274 g/mol. The first-order chi connectivity index (χ1) is 9.72. The number of halogens is 1. The van der Waals surface area contributed by atoms with E-state index in [0.29, 0.717) is 17.7 Å². The third-order valence-electron chi connectivity index (χ3n) is 4.21. The van der Waals surface area contributed by atoms with Crippen LogP contribution in [0.15, 0.2) is 18.2 Å². The SMILES string of the molecule is CCCC1CCCN(Cc2ccc(C#N)cc2F)CC1. The molecule has 1 aromatic rings. The molecule has 0 aromatic heterocycles. The van der Waals surface area contributed by atoms with Gasteiger partial charge < -0.3 is 0 Å². The van der Waals surface area contributed by atoms with Crippen LogP contribution in [0.3, 0.4) is 0 Å². The zero-order valence-corrected chi connectivity index (χ0v) is 12.2. The number of likely N-dealkylation sites (tertiary alicyclic amines) is 1. The van der Waals surface area contributed by atoms with Gasteiger partial charge in [-0.2, -0.15) is 5.26 Å². The summed E-state index contributed by atoms with van der Waals surface area (Å²) in [5, 5.41) is 8.76. The third-order valence-corrected chi connectivity index (χ3v) is 4.21. The van der Waals surface area contributed by atoms with Crippen LogP contribution in [0.5, 0.6) is 0 Å². The fraction of sp³-hybridized carbons (Fsp3) is 0.588. The van der Waals surface area contributed by atoms with E-state index < -0.39 is 0 Å². The van der Waals surface area contributed by atoms with Crippen LogP contribution in [0.1, 0.15) is 50.2 Å². The Morgan fingerprint density at radius 2 is 2.20 bits per heavy atom. The monoisotopic (exact) mass is 274 g/mol. The Balaban J connectivity index is 1.95. The van der Waals surface area contributed by atoms with Crippen molar-refractivity contribution >= 4 is 0 Å². The van der Waals surface area contributed by atoms with E-state index in [-0.39, 0.29) is 5.82 Å². The maximum absolute atomic E-state index is 13.9. The zero-order chi connectivity index (χ0) is 14.4. The molecule has 0 amide bonds. The predicted molar refractivity (Wildman–Crippen MR) is 78.6 cm³/mol. The molecule has 1 fully saturated rings. The summed E-state index contributed by atoms with van der Waals surface area (Å²) in [4.78, 5) is 2.35. The molecule has 1 aromatic carbocycles. The second kappa shape index (κ2) is 7.40. The van der Waals surface area contributed by atoms with Crippen molar-refractivity contribution in [1.29, 1.82) is 5.26 Å². The minimum absolute atomic E-state index is 0.251. The van der Waals surface area contributed by atoms with Crippen LogP contribution in [-0.2, 0) is 6.54 Å². The van der Waals surface area contributed by atoms with Crippen molar-refractivity contribution in [2.45, 2.75) is 45.6 Å². The summed E-state index contributed by atoms with van der Waals surface area (Å²) in [6.07, 6.45) is 6.32. The summed E-state index contributed by atoms with van der Waals surface area (Å²) in [7, 11) is 0. The fourth-order valence-corrected chi connectivity index (χ4v) is 3.07. The van der Waals surface area contributed by atoms with Gasteiger partial charge in [0.25, 0.3) is 0 Å². The molecule has 1 unspecified atom stereocenters.